The summed E-state index contributed by atoms with van der Waals surface area (Å²) in [5.74, 6) is 5.51. The molecule has 2 saturated heterocycles. The number of rotatable bonds is 4. The summed E-state index contributed by atoms with van der Waals surface area (Å²) in [6, 6.07) is 16.0. The molecule has 6 nitrogen and oxygen atoms in total. The zero-order chi connectivity index (χ0) is 21.4. The summed E-state index contributed by atoms with van der Waals surface area (Å²) in [5.41, 5.74) is -0.145. The van der Waals surface area contributed by atoms with Crippen molar-refractivity contribution in [1.82, 2.24) is 0 Å². The van der Waals surface area contributed by atoms with Crippen LogP contribution in [0.25, 0.3) is 0 Å². The highest BCUT2D eigenvalue weighted by molar-refractivity contribution is 6.08. The van der Waals surface area contributed by atoms with Gasteiger partial charge in [0, 0.05) is 17.7 Å². The first-order valence-corrected chi connectivity index (χ1v) is 9.90. The molecule has 3 atom stereocenters. The number of hydrogen-bond donors (Lipinski definition) is 1. The molecular weight excluding hydrogens is 382 g/mol. The van der Waals surface area contributed by atoms with Crippen molar-refractivity contribution < 1.29 is 24.1 Å². The summed E-state index contributed by atoms with van der Waals surface area (Å²) < 4.78 is 16.9. The minimum absolute atomic E-state index is 0.0122. The summed E-state index contributed by atoms with van der Waals surface area (Å²) in [6.07, 6.45) is -0.457. The van der Waals surface area contributed by atoms with Crippen LogP contribution < -0.4 is 9.64 Å². The highest BCUT2D eigenvalue weighted by Crippen LogP contribution is 2.43. The molecule has 0 unspecified atom stereocenters. The lowest BCUT2D eigenvalue weighted by Gasteiger charge is -2.54. The number of ether oxygens (including phenoxy) is 3. The van der Waals surface area contributed by atoms with Crippen LogP contribution in [0.3, 0.4) is 0 Å². The Labute approximate surface area is 176 Å². The van der Waals surface area contributed by atoms with E-state index in [2.05, 4.69) is 11.8 Å². The van der Waals surface area contributed by atoms with Gasteiger partial charge in [0.05, 0.1) is 13.7 Å². The zero-order valence-electron chi connectivity index (χ0n) is 17.3. The maximum Gasteiger partial charge on any atom is 0.262 e. The third-order valence-corrected chi connectivity index (χ3v) is 5.45. The lowest BCUT2D eigenvalue weighted by Crippen LogP contribution is -2.78. The van der Waals surface area contributed by atoms with Crippen LogP contribution in [0, 0.1) is 11.8 Å². The molecule has 1 N–H and O–H groups in total. The van der Waals surface area contributed by atoms with Gasteiger partial charge in [-0.3, -0.25) is 4.79 Å². The fraction of sp³-hybridized carbons (Fsp3) is 0.375. The van der Waals surface area contributed by atoms with Crippen LogP contribution in [-0.4, -0.2) is 48.3 Å². The number of hydrogen-bond acceptors (Lipinski definition) is 5. The van der Waals surface area contributed by atoms with Crippen molar-refractivity contribution in [3.05, 3.63) is 60.2 Å². The Morgan fingerprint density at radius 3 is 2.47 bits per heavy atom. The monoisotopic (exact) mass is 407 g/mol. The van der Waals surface area contributed by atoms with E-state index in [1.807, 2.05) is 44.2 Å². The normalized spacial score (nSPS) is 27.2. The molecule has 2 fully saturated rings. The Morgan fingerprint density at radius 1 is 1.17 bits per heavy atom. The average Bonchev–Trinajstić information content (AvgIpc) is 3.11. The highest BCUT2D eigenvalue weighted by Gasteiger charge is 2.64. The molecule has 2 heterocycles. The van der Waals surface area contributed by atoms with E-state index in [-0.39, 0.29) is 13.0 Å². The van der Waals surface area contributed by atoms with Crippen molar-refractivity contribution in [2.75, 3.05) is 18.6 Å². The molecule has 2 aliphatic rings. The lowest BCUT2D eigenvalue weighted by molar-refractivity contribution is -0.173. The molecule has 2 aromatic carbocycles. The minimum Gasteiger partial charge on any atom is -0.497 e. The van der Waals surface area contributed by atoms with Gasteiger partial charge in [0.1, 0.15) is 17.9 Å². The Hall–Kier alpha value is -2.85. The second kappa shape index (κ2) is 7.77. The van der Waals surface area contributed by atoms with E-state index in [1.165, 1.54) is 0 Å². The van der Waals surface area contributed by atoms with Crippen molar-refractivity contribution >= 4 is 11.6 Å². The number of carbonyl (C=O) groups is 1. The first-order chi connectivity index (χ1) is 14.3. The van der Waals surface area contributed by atoms with Gasteiger partial charge in [0.15, 0.2) is 11.4 Å². The van der Waals surface area contributed by atoms with Crippen molar-refractivity contribution in [2.24, 2.45) is 0 Å². The van der Waals surface area contributed by atoms with Gasteiger partial charge in [0.25, 0.3) is 5.91 Å². The van der Waals surface area contributed by atoms with Gasteiger partial charge < -0.3 is 24.2 Å². The van der Waals surface area contributed by atoms with Crippen LogP contribution >= 0.6 is 0 Å². The van der Waals surface area contributed by atoms with Gasteiger partial charge in [-0.1, -0.05) is 30.0 Å². The molecule has 2 aliphatic heterocycles. The standard InChI is InChI=1S/C24H25NO5/c1-23(2)29-16-20(30-23)21-24(27,15-7-10-17-8-5-4-6-9-17)22(26)25(21)18-11-13-19(28-3)14-12-18/h4-6,8-9,11-14,20-21,27H,15-16H2,1-3H3/t20-,21+,24-/m1/s1. The molecule has 0 radical (unpaired) electrons. The second-order valence-electron chi connectivity index (χ2n) is 7.95. The molecule has 156 valence electrons. The van der Waals surface area contributed by atoms with E-state index in [9.17, 15) is 9.90 Å². The summed E-state index contributed by atoms with van der Waals surface area (Å²) in [6.45, 7) is 3.92. The summed E-state index contributed by atoms with van der Waals surface area (Å²) in [4.78, 5) is 14.7. The predicted molar refractivity (Wildman–Crippen MR) is 112 cm³/mol. The fourth-order valence-corrected chi connectivity index (χ4v) is 3.96. The third-order valence-electron chi connectivity index (χ3n) is 5.45. The lowest BCUT2D eigenvalue weighted by atomic mass is 9.76. The van der Waals surface area contributed by atoms with Gasteiger partial charge >= 0.3 is 0 Å². The number of methoxy groups -OCH3 is 1. The molecule has 1 amide bonds. The highest BCUT2D eigenvalue weighted by atomic mass is 16.7. The summed E-state index contributed by atoms with van der Waals surface area (Å²) >= 11 is 0. The molecule has 0 spiro atoms. The first kappa shape index (κ1) is 20.4. The molecule has 0 saturated carbocycles. The first-order valence-electron chi connectivity index (χ1n) is 9.90. The molecule has 0 aliphatic carbocycles. The van der Waals surface area contributed by atoms with E-state index in [4.69, 9.17) is 14.2 Å². The maximum atomic E-state index is 13.1. The SMILES string of the molecule is COc1ccc(N2C(=O)[C@@](O)(CC#Cc3ccccc3)[C@@H]2[C@H]2COC(C)(C)O2)cc1. The number of amides is 1. The van der Waals surface area contributed by atoms with E-state index >= 15 is 0 Å². The van der Waals surface area contributed by atoms with Crippen molar-refractivity contribution in [2.45, 2.75) is 43.8 Å². The Morgan fingerprint density at radius 2 is 1.87 bits per heavy atom. The van der Waals surface area contributed by atoms with Crippen molar-refractivity contribution in [3.8, 4) is 17.6 Å². The number of nitrogens with zero attached hydrogens (tertiary/aromatic N) is 1. The van der Waals surface area contributed by atoms with Gasteiger partial charge in [-0.2, -0.15) is 0 Å². The van der Waals surface area contributed by atoms with Gasteiger partial charge in [0.2, 0.25) is 0 Å². The second-order valence-corrected chi connectivity index (χ2v) is 7.95. The Bertz CT molecular complexity index is 976. The van der Waals surface area contributed by atoms with E-state index in [1.54, 1.807) is 36.3 Å². The molecule has 30 heavy (non-hydrogen) atoms. The van der Waals surface area contributed by atoms with Crippen LogP contribution in [0.1, 0.15) is 25.8 Å². The van der Waals surface area contributed by atoms with Crippen LogP contribution in [0.4, 0.5) is 5.69 Å². The quantitative estimate of drug-likeness (QED) is 0.624. The van der Waals surface area contributed by atoms with Crippen molar-refractivity contribution in [3.63, 3.8) is 0 Å². The Balaban J connectivity index is 1.62. The van der Waals surface area contributed by atoms with Gasteiger partial charge in [-0.05, 0) is 50.2 Å². The van der Waals surface area contributed by atoms with Crippen LogP contribution in [-0.2, 0) is 14.3 Å². The van der Waals surface area contributed by atoms with Gasteiger partial charge in [-0.25, -0.2) is 0 Å². The zero-order valence-corrected chi connectivity index (χ0v) is 17.3. The average molecular weight is 407 g/mol. The van der Waals surface area contributed by atoms with E-state index in [0.717, 1.165) is 5.56 Å². The van der Waals surface area contributed by atoms with Gasteiger partial charge in [-0.15, -0.1) is 0 Å². The molecular formula is C24H25NO5. The van der Waals surface area contributed by atoms with E-state index in [0.29, 0.717) is 11.4 Å². The van der Waals surface area contributed by atoms with Crippen LogP contribution in [0.5, 0.6) is 5.75 Å². The minimum atomic E-state index is -1.64. The number of aliphatic hydroxyl groups is 1. The summed E-state index contributed by atoms with van der Waals surface area (Å²) in [7, 11) is 1.59. The molecule has 2 aromatic rings. The Kier molecular flexibility index (Phi) is 5.29. The number of β-lactam (4-membered cyclic amide) rings is 1. The predicted octanol–water partition coefficient (Wildman–Crippen LogP) is 2.73. The number of anilines is 1. The topological polar surface area (TPSA) is 68.2 Å². The van der Waals surface area contributed by atoms with Crippen LogP contribution in [0.2, 0.25) is 0 Å². The smallest absolute Gasteiger partial charge is 0.262 e. The third kappa shape index (κ3) is 3.68. The number of carbonyl (C=O) groups excluding carboxylic acids is 1. The largest absolute Gasteiger partial charge is 0.497 e. The van der Waals surface area contributed by atoms with Crippen molar-refractivity contribution in [1.29, 1.82) is 0 Å². The molecule has 0 bridgehead atoms. The molecule has 6 heteroatoms. The number of benzene rings is 2. The fourth-order valence-electron chi connectivity index (χ4n) is 3.96. The molecule has 0 aromatic heterocycles. The van der Waals surface area contributed by atoms with E-state index < -0.39 is 29.4 Å². The molecule has 4 rings (SSSR count). The maximum absolute atomic E-state index is 13.1. The van der Waals surface area contributed by atoms with Crippen LogP contribution in [0.15, 0.2) is 54.6 Å². The summed E-state index contributed by atoms with van der Waals surface area (Å²) in [5, 5.41) is 11.3.